The first-order valence-corrected chi connectivity index (χ1v) is 8.37. The molecule has 6 heteroatoms. The summed E-state index contributed by atoms with van der Waals surface area (Å²) in [5.41, 5.74) is 1.23. The maximum Gasteiger partial charge on any atom is 0.334 e. The van der Waals surface area contributed by atoms with Gasteiger partial charge in [0.2, 0.25) is 0 Å². The lowest BCUT2D eigenvalue weighted by atomic mass is 9.83. The summed E-state index contributed by atoms with van der Waals surface area (Å²) < 4.78 is 10.8. The molecule has 2 aliphatic rings. The number of aliphatic hydroxyl groups excluding tert-OH is 1. The number of rotatable bonds is 3. The van der Waals surface area contributed by atoms with E-state index in [0.29, 0.717) is 19.1 Å². The number of aldehydes is 1. The molecule has 0 aromatic rings. The Morgan fingerprint density at radius 1 is 1.48 bits per heavy atom. The van der Waals surface area contributed by atoms with Gasteiger partial charge in [-0.1, -0.05) is 32.1 Å². The summed E-state index contributed by atoms with van der Waals surface area (Å²) >= 11 is 0. The molecule has 1 aliphatic carbocycles. The van der Waals surface area contributed by atoms with Gasteiger partial charge in [-0.05, 0) is 25.8 Å². The van der Waals surface area contributed by atoms with E-state index in [1.807, 2.05) is 6.92 Å². The Bertz CT molecular complexity index is 642. The van der Waals surface area contributed by atoms with Gasteiger partial charge in [0.15, 0.2) is 0 Å². The predicted octanol–water partition coefficient (Wildman–Crippen LogP) is 1.88. The van der Waals surface area contributed by atoms with Crippen LogP contribution in [0.4, 0.5) is 0 Å². The lowest BCUT2D eigenvalue weighted by Gasteiger charge is -2.31. The molecule has 1 fully saturated rings. The molecule has 0 spiro atoms. The molecule has 0 bridgehead atoms. The van der Waals surface area contributed by atoms with Gasteiger partial charge in [0, 0.05) is 11.1 Å². The van der Waals surface area contributed by atoms with Crippen molar-refractivity contribution in [2.45, 2.75) is 51.9 Å². The topological polar surface area (TPSA) is 89.9 Å². The summed E-state index contributed by atoms with van der Waals surface area (Å²) in [4.78, 5) is 35.6. The molecule has 2 rings (SSSR count). The first kappa shape index (κ1) is 19.1. The van der Waals surface area contributed by atoms with Crippen molar-refractivity contribution in [3.63, 3.8) is 0 Å². The smallest absolute Gasteiger partial charge is 0.334 e. The summed E-state index contributed by atoms with van der Waals surface area (Å²) in [6, 6.07) is 0. The molecule has 6 nitrogen and oxygen atoms in total. The molecule has 25 heavy (non-hydrogen) atoms. The standard InChI is InChI=1S/C19H24O6/c1-10(2)18(22)25-17-15-12(4)19(23)24-14(15)8-11(3)6-5-7-13(9-20)16(17)21/h7-10,14-17,21H,4-6H2,1-3H3/b11-8+,13-7-/t14-,15+,16-,17-/m0/s1. The van der Waals surface area contributed by atoms with Gasteiger partial charge in [-0.15, -0.1) is 0 Å². The van der Waals surface area contributed by atoms with Crippen molar-refractivity contribution in [1.82, 2.24) is 0 Å². The lowest BCUT2D eigenvalue weighted by Crippen LogP contribution is -2.43. The largest absolute Gasteiger partial charge is 0.458 e. The number of aliphatic hydroxyl groups is 1. The number of carbonyl (C=O) groups excluding carboxylic acids is 3. The zero-order chi connectivity index (χ0) is 18.7. The second kappa shape index (κ2) is 7.78. The van der Waals surface area contributed by atoms with E-state index >= 15 is 0 Å². The molecule has 0 radical (unpaired) electrons. The molecule has 136 valence electrons. The van der Waals surface area contributed by atoms with E-state index < -0.39 is 42.1 Å². The van der Waals surface area contributed by atoms with Gasteiger partial charge >= 0.3 is 11.9 Å². The van der Waals surface area contributed by atoms with Gasteiger partial charge in [0.25, 0.3) is 0 Å². The number of hydrogen-bond donors (Lipinski definition) is 1. The highest BCUT2D eigenvalue weighted by Crippen LogP contribution is 2.36. The van der Waals surface area contributed by atoms with Crippen LogP contribution in [-0.4, -0.2) is 41.6 Å². The van der Waals surface area contributed by atoms with E-state index in [1.54, 1.807) is 26.0 Å². The second-order valence-electron chi connectivity index (χ2n) is 6.80. The average molecular weight is 348 g/mol. The summed E-state index contributed by atoms with van der Waals surface area (Å²) in [7, 11) is 0. The fourth-order valence-electron chi connectivity index (χ4n) is 2.99. The number of esters is 2. The van der Waals surface area contributed by atoms with Crippen molar-refractivity contribution in [3.8, 4) is 0 Å². The van der Waals surface area contributed by atoms with Crippen LogP contribution in [0, 0.1) is 11.8 Å². The first-order chi connectivity index (χ1) is 11.8. The summed E-state index contributed by atoms with van der Waals surface area (Å²) in [5.74, 6) is -2.29. The number of carbonyl (C=O) groups is 3. The Balaban J connectivity index is 2.50. The predicted molar refractivity (Wildman–Crippen MR) is 90.4 cm³/mol. The lowest BCUT2D eigenvalue weighted by molar-refractivity contribution is -0.162. The molecular formula is C19H24O6. The van der Waals surface area contributed by atoms with Crippen molar-refractivity contribution in [1.29, 1.82) is 0 Å². The highest BCUT2D eigenvalue weighted by Gasteiger charge is 2.48. The molecule has 1 heterocycles. The van der Waals surface area contributed by atoms with Crippen LogP contribution in [0.25, 0.3) is 0 Å². The Kier molecular flexibility index (Phi) is 5.95. The Morgan fingerprint density at radius 3 is 2.76 bits per heavy atom. The third kappa shape index (κ3) is 4.07. The molecular weight excluding hydrogens is 324 g/mol. The van der Waals surface area contributed by atoms with Gasteiger partial charge in [-0.2, -0.15) is 0 Å². The molecule has 1 aliphatic heterocycles. The second-order valence-corrected chi connectivity index (χ2v) is 6.80. The van der Waals surface area contributed by atoms with Crippen LogP contribution in [0.1, 0.15) is 33.6 Å². The van der Waals surface area contributed by atoms with Crippen molar-refractivity contribution >= 4 is 18.2 Å². The van der Waals surface area contributed by atoms with Gasteiger partial charge < -0.3 is 14.6 Å². The minimum atomic E-state index is -1.36. The SMILES string of the molecule is C=C1C(=O)O[C@H]2/C=C(\C)CC/C=C(/C=O)[C@H](O)[C@@H](OC(=O)C(C)C)[C@H]12. The number of ether oxygens (including phenoxy) is 2. The highest BCUT2D eigenvalue weighted by atomic mass is 16.6. The van der Waals surface area contributed by atoms with Crippen LogP contribution in [0.3, 0.4) is 0 Å². The third-order valence-electron chi connectivity index (χ3n) is 4.50. The summed E-state index contributed by atoms with van der Waals surface area (Å²) in [6.07, 6.45) is 2.01. The van der Waals surface area contributed by atoms with Crippen LogP contribution in [0.5, 0.6) is 0 Å². The Morgan fingerprint density at radius 2 is 2.16 bits per heavy atom. The summed E-state index contributed by atoms with van der Waals surface area (Å²) in [6.45, 7) is 8.97. The normalized spacial score (nSPS) is 34.3. The molecule has 1 N–H and O–H groups in total. The van der Waals surface area contributed by atoms with Crippen LogP contribution in [0.2, 0.25) is 0 Å². The van der Waals surface area contributed by atoms with E-state index in [-0.39, 0.29) is 11.1 Å². The van der Waals surface area contributed by atoms with E-state index in [4.69, 9.17) is 9.47 Å². The van der Waals surface area contributed by atoms with Crippen molar-refractivity contribution in [2.24, 2.45) is 11.8 Å². The molecule has 0 saturated carbocycles. The number of hydrogen-bond acceptors (Lipinski definition) is 6. The van der Waals surface area contributed by atoms with Crippen molar-refractivity contribution in [3.05, 3.63) is 35.5 Å². The quantitative estimate of drug-likeness (QED) is 0.362. The average Bonchev–Trinajstić information content (AvgIpc) is 2.82. The van der Waals surface area contributed by atoms with Gasteiger partial charge in [0.1, 0.15) is 24.6 Å². The number of allylic oxidation sites excluding steroid dienone is 2. The maximum absolute atomic E-state index is 12.1. The Hall–Kier alpha value is -2.21. The fourth-order valence-corrected chi connectivity index (χ4v) is 2.99. The third-order valence-corrected chi connectivity index (χ3v) is 4.50. The van der Waals surface area contributed by atoms with Gasteiger partial charge in [0.05, 0.1) is 11.8 Å². The molecule has 4 atom stereocenters. The molecule has 0 aromatic carbocycles. The molecule has 0 unspecified atom stereocenters. The van der Waals surface area contributed by atoms with Crippen molar-refractivity contribution < 1.29 is 29.0 Å². The number of fused-ring (bicyclic) bond motifs is 1. The van der Waals surface area contributed by atoms with E-state index in [2.05, 4.69) is 6.58 Å². The minimum absolute atomic E-state index is 0.125. The van der Waals surface area contributed by atoms with Crippen LogP contribution < -0.4 is 0 Å². The molecule has 0 aromatic heterocycles. The van der Waals surface area contributed by atoms with E-state index in [1.165, 1.54) is 0 Å². The zero-order valence-electron chi connectivity index (χ0n) is 14.7. The van der Waals surface area contributed by atoms with E-state index in [9.17, 15) is 19.5 Å². The van der Waals surface area contributed by atoms with E-state index in [0.717, 1.165) is 5.57 Å². The minimum Gasteiger partial charge on any atom is -0.458 e. The van der Waals surface area contributed by atoms with Crippen LogP contribution in [-0.2, 0) is 23.9 Å². The monoisotopic (exact) mass is 348 g/mol. The zero-order valence-corrected chi connectivity index (χ0v) is 14.7. The molecule has 0 amide bonds. The fraction of sp³-hybridized carbons (Fsp3) is 0.526. The maximum atomic E-state index is 12.1. The summed E-state index contributed by atoms with van der Waals surface area (Å²) in [5, 5.41) is 10.7. The Labute approximate surface area is 147 Å². The van der Waals surface area contributed by atoms with Crippen LogP contribution in [0.15, 0.2) is 35.5 Å². The van der Waals surface area contributed by atoms with Crippen LogP contribution >= 0.6 is 0 Å². The highest BCUT2D eigenvalue weighted by molar-refractivity contribution is 5.91. The first-order valence-electron chi connectivity index (χ1n) is 8.37. The van der Waals surface area contributed by atoms with Gasteiger partial charge in [-0.3, -0.25) is 9.59 Å². The van der Waals surface area contributed by atoms with Crippen molar-refractivity contribution in [2.75, 3.05) is 0 Å². The van der Waals surface area contributed by atoms with Gasteiger partial charge in [-0.25, -0.2) is 4.79 Å². The molecule has 1 saturated heterocycles.